The minimum Gasteiger partial charge on any atom is -0.455 e. The molecule has 2 aromatic carbocycles. The summed E-state index contributed by atoms with van der Waals surface area (Å²) in [6.07, 6.45) is -0.0470. The van der Waals surface area contributed by atoms with Crippen LogP contribution in [0.1, 0.15) is 11.3 Å². The van der Waals surface area contributed by atoms with Crippen LogP contribution in [0.2, 0.25) is 0 Å². The normalized spacial score (nSPS) is 10.5. The Kier molecular flexibility index (Phi) is 4.56. The van der Waals surface area contributed by atoms with Crippen LogP contribution >= 0.6 is 0 Å². The number of para-hydroxylation sites is 2. The van der Waals surface area contributed by atoms with Crippen LogP contribution in [0.15, 0.2) is 53.1 Å². The smallest absolute Gasteiger partial charge is 0.312 e. The molecule has 0 atom stereocenters. The monoisotopic (exact) mass is 324 g/mol. The zero-order chi connectivity index (χ0) is 16.9. The van der Waals surface area contributed by atoms with E-state index in [1.807, 2.05) is 43.3 Å². The van der Waals surface area contributed by atoms with Crippen LogP contribution in [0.25, 0.3) is 11.0 Å². The van der Waals surface area contributed by atoms with Gasteiger partial charge in [0.15, 0.2) is 12.2 Å². The maximum absolute atomic E-state index is 11.9. The van der Waals surface area contributed by atoms with E-state index in [0.717, 1.165) is 10.9 Å². The summed E-state index contributed by atoms with van der Waals surface area (Å²) in [6.45, 7) is 1.54. The van der Waals surface area contributed by atoms with Crippen molar-refractivity contribution < 1.29 is 18.8 Å². The van der Waals surface area contributed by atoms with E-state index in [4.69, 9.17) is 9.26 Å². The first-order valence-corrected chi connectivity index (χ1v) is 7.48. The van der Waals surface area contributed by atoms with Crippen molar-refractivity contribution in [3.8, 4) is 0 Å². The molecular weight excluding hydrogens is 308 g/mol. The lowest BCUT2D eigenvalue weighted by molar-refractivity contribution is -0.146. The Balaban J connectivity index is 1.54. The lowest BCUT2D eigenvalue weighted by atomic mass is 10.2. The molecule has 6 nitrogen and oxygen atoms in total. The molecule has 1 N–H and O–H groups in total. The second-order valence-corrected chi connectivity index (χ2v) is 5.33. The number of carbonyl (C=O) groups excluding carboxylic acids is 2. The number of anilines is 1. The third kappa shape index (κ3) is 3.60. The van der Waals surface area contributed by atoms with E-state index in [0.29, 0.717) is 17.0 Å². The molecule has 24 heavy (non-hydrogen) atoms. The van der Waals surface area contributed by atoms with Gasteiger partial charge in [0.1, 0.15) is 5.69 Å². The fourth-order valence-corrected chi connectivity index (χ4v) is 2.30. The average molecular weight is 324 g/mol. The second kappa shape index (κ2) is 6.95. The third-order valence-electron chi connectivity index (χ3n) is 3.55. The third-order valence-corrected chi connectivity index (χ3v) is 3.55. The van der Waals surface area contributed by atoms with Crippen molar-refractivity contribution in [1.82, 2.24) is 5.16 Å². The number of fused-ring (bicyclic) bond motifs is 1. The van der Waals surface area contributed by atoms with Crippen molar-refractivity contribution >= 4 is 28.5 Å². The van der Waals surface area contributed by atoms with Crippen LogP contribution in [0.3, 0.4) is 0 Å². The molecular formula is C18H16N2O4. The van der Waals surface area contributed by atoms with Gasteiger partial charge < -0.3 is 14.6 Å². The fraction of sp³-hybridized carbons (Fsp3) is 0.167. The van der Waals surface area contributed by atoms with Crippen LogP contribution in [-0.4, -0.2) is 23.6 Å². The van der Waals surface area contributed by atoms with E-state index < -0.39 is 5.97 Å². The number of amides is 1. The number of carbonyl (C=O) groups is 2. The molecule has 0 saturated heterocycles. The molecule has 1 aromatic heterocycles. The maximum Gasteiger partial charge on any atom is 0.312 e. The van der Waals surface area contributed by atoms with E-state index >= 15 is 0 Å². The lowest BCUT2D eigenvalue weighted by Crippen LogP contribution is -2.22. The van der Waals surface area contributed by atoms with Gasteiger partial charge in [0.05, 0.1) is 6.42 Å². The molecule has 122 valence electrons. The molecule has 0 unspecified atom stereocenters. The highest BCUT2D eigenvalue weighted by molar-refractivity contribution is 5.93. The molecule has 3 rings (SSSR count). The zero-order valence-corrected chi connectivity index (χ0v) is 13.1. The number of hydrogen-bond donors (Lipinski definition) is 1. The Morgan fingerprint density at radius 1 is 1.12 bits per heavy atom. The molecule has 3 aromatic rings. The Morgan fingerprint density at radius 2 is 1.88 bits per heavy atom. The first-order chi connectivity index (χ1) is 11.6. The molecule has 1 amide bonds. The van der Waals surface area contributed by atoms with Crippen LogP contribution in [0.5, 0.6) is 0 Å². The van der Waals surface area contributed by atoms with Crippen LogP contribution < -0.4 is 5.32 Å². The van der Waals surface area contributed by atoms with Gasteiger partial charge in [-0.2, -0.15) is 0 Å². The zero-order valence-electron chi connectivity index (χ0n) is 13.1. The topological polar surface area (TPSA) is 81.4 Å². The van der Waals surface area contributed by atoms with E-state index in [1.165, 1.54) is 0 Å². The first kappa shape index (κ1) is 15.7. The van der Waals surface area contributed by atoms with Crippen molar-refractivity contribution in [3.63, 3.8) is 0 Å². The number of esters is 1. The van der Waals surface area contributed by atoms with Crippen molar-refractivity contribution in [1.29, 1.82) is 0 Å². The van der Waals surface area contributed by atoms with Gasteiger partial charge in [0.2, 0.25) is 0 Å². The molecule has 0 aliphatic carbocycles. The van der Waals surface area contributed by atoms with Crippen molar-refractivity contribution in [3.05, 3.63) is 59.8 Å². The molecule has 0 bridgehead atoms. The second-order valence-electron chi connectivity index (χ2n) is 5.33. The van der Waals surface area contributed by atoms with Crippen molar-refractivity contribution in [2.75, 3.05) is 11.9 Å². The number of hydrogen-bond acceptors (Lipinski definition) is 5. The lowest BCUT2D eigenvalue weighted by Gasteiger charge is -2.08. The summed E-state index contributed by atoms with van der Waals surface area (Å²) in [5, 5.41) is 7.33. The van der Waals surface area contributed by atoms with Crippen LogP contribution in [0.4, 0.5) is 5.69 Å². The summed E-state index contributed by atoms with van der Waals surface area (Å²) in [5.74, 6) is -0.920. The predicted molar refractivity (Wildman–Crippen MR) is 88.5 cm³/mol. The minimum absolute atomic E-state index is 0.0470. The Morgan fingerprint density at radius 3 is 2.71 bits per heavy atom. The number of rotatable bonds is 5. The van der Waals surface area contributed by atoms with Gasteiger partial charge in [0, 0.05) is 11.1 Å². The maximum atomic E-state index is 11.9. The molecule has 0 aliphatic heterocycles. The molecule has 6 heteroatoms. The van der Waals surface area contributed by atoms with Gasteiger partial charge in [-0.05, 0) is 30.7 Å². The summed E-state index contributed by atoms with van der Waals surface area (Å²) < 4.78 is 10.1. The standard InChI is InChI=1S/C18H16N2O4/c1-12-6-2-4-8-14(12)19-17(21)11-23-18(22)10-15-13-7-3-5-9-16(13)24-20-15/h2-9H,10-11H2,1H3,(H,19,21). The number of benzene rings is 2. The van der Waals surface area contributed by atoms with E-state index in [-0.39, 0.29) is 18.9 Å². The average Bonchev–Trinajstić information content (AvgIpc) is 2.98. The number of aryl methyl sites for hydroxylation is 1. The van der Waals surface area contributed by atoms with Crippen molar-refractivity contribution in [2.24, 2.45) is 0 Å². The summed E-state index contributed by atoms with van der Waals surface area (Å²) >= 11 is 0. The molecule has 0 aliphatic rings. The summed E-state index contributed by atoms with van der Waals surface area (Å²) in [5.41, 5.74) is 2.74. The van der Waals surface area contributed by atoms with Gasteiger partial charge in [0.25, 0.3) is 5.91 Å². The molecule has 0 saturated carbocycles. The molecule has 0 fully saturated rings. The predicted octanol–water partition coefficient (Wildman–Crippen LogP) is 2.86. The Bertz CT molecular complexity index is 885. The fourth-order valence-electron chi connectivity index (χ4n) is 2.30. The van der Waals surface area contributed by atoms with Gasteiger partial charge in [-0.25, -0.2) is 0 Å². The Labute approximate surface area is 138 Å². The van der Waals surface area contributed by atoms with Crippen LogP contribution in [0, 0.1) is 6.92 Å². The number of ether oxygens (including phenoxy) is 1. The van der Waals surface area contributed by atoms with Crippen molar-refractivity contribution in [2.45, 2.75) is 13.3 Å². The van der Waals surface area contributed by atoms with Gasteiger partial charge >= 0.3 is 5.97 Å². The SMILES string of the molecule is Cc1ccccc1NC(=O)COC(=O)Cc1noc2ccccc12. The van der Waals surface area contributed by atoms with Gasteiger partial charge in [-0.3, -0.25) is 9.59 Å². The molecule has 0 spiro atoms. The van der Waals surface area contributed by atoms with E-state index in [9.17, 15) is 9.59 Å². The largest absolute Gasteiger partial charge is 0.455 e. The van der Waals surface area contributed by atoms with E-state index in [1.54, 1.807) is 12.1 Å². The number of nitrogens with one attached hydrogen (secondary N) is 1. The first-order valence-electron chi connectivity index (χ1n) is 7.48. The summed E-state index contributed by atoms with van der Waals surface area (Å²) in [4.78, 5) is 23.8. The highest BCUT2D eigenvalue weighted by Gasteiger charge is 2.14. The minimum atomic E-state index is -0.533. The van der Waals surface area contributed by atoms with Gasteiger partial charge in [-0.15, -0.1) is 0 Å². The number of aromatic nitrogens is 1. The Hall–Kier alpha value is -3.15. The molecule has 0 radical (unpaired) electrons. The van der Waals surface area contributed by atoms with Crippen LogP contribution in [-0.2, 0) is 20.7 Å². The summed E-state index contributed by atoms with van der Waals surface area (Å²) in [6, 6.07) is 14.6. The highest BCUT2D eigenvalue weighted by Crippen LogP contribution is 2.18. The summed E-state index contributed by atoms with van der Waals surface area (Å²) in [7, 11) is 0. The van der Waals surface area contributed by atoms with E-state index in [2.05, 4.69) is 10.5 Å². The quantitative estimate of drug-likeness (QED) is 0.730. The number of nitrogens with zero attached hydrogens (tertiary/aromatic N) is 1. The van der Waals surface area contributed by atoms with Gasteiger partial charge in [-0.1, -0.05) is 35.5 Å². The highest BCUT2D eigenvalue weighted by atomic mass is 16.5. The molecule has 1 heterocycles.